The third-order valence-corrected chi connectivity index (χ3v) is 3.60. The number of nitrogens with zero attached hydrogens (tertiary/aromatic N) is 4. The summed E-state index contributed by atoms with van der Waals surface area (Å²) in [6.45, 7) is 1.17. The molecule has 0 saturated carbocycles. The van der Waals surface area contributed by atoms with Crippen LogP contribution in [0, 0.1) is 0 Å². The Morgan fingerprint density at radius 1 is 1.29 bits per heavy atom. The van der Waals surface area contributed by atoms with Crippen molar-refractivity contribution in [1.29, 1.82) is 0 Å². The Kier molecular flexibility index (Phi) is 3.20. The topological polar surface area (TPSA) is 60.0 Å². The Hall–Kier alpha value is -1.96. The number of rotatable bonds is 1. The van der Waals surface area contributed by atoms with Crippen LogP contribution in [0.25, 0.3) is 0 Å². The van der Waals surface area contributed by atoms with Crippen molar-refractivity contribution in [3.8, 4) is 0 Å². The lowest BCUT2D eigenvalue weighted by Crippen LogP contribution is -2.34. The van der Waals surface area contributed by atoms with Crippen LogP contribution in [0.2, 0.25) is 5.02 Å². The molecule has 0 aromatic carbocycles. The predicted molar refractivity (Wildman–Crippen MR) is 71.9 cm³/mol. The number of pyridine rings is 1. The third kappa shape index (κ3) is 2.63. The average Bonchev–Trinajstić information content (AvgIpc) is 2.85. The van der Waals surface area contributed by atoms with Gasteiger partial charge < -0.3 is 15.2 Å². The fraction of sp³-hybridized carbons (Fsp3) is 0.333. The van der Waals surface area contributed by atoms with Gasteiger partial charge in [-0.1, -0.05) is 11.6 Å². The molecule has 0 bridgehead atoms. The predicted octanol–water partition coefficient (Wildman–Crippen LogP) is 2.55. The molecule has 9 heteroatoms. The minimum atomic E-state index is -4.43. The van der Waals surface area contributed by atoms with E-state index in [2.05, 4.69) is 9.97 Å². The summed E-state index contributed by atoms with van der Waals surface area (Å²) >= 11 is 5.81. The Bertz CT molecular complexity index is 682. The van der Waals surface area contributed by atoms with Crippen LogP contribution in [0.1, 0.15) is 11.5 Å². The third-order valence-electron chi connectivity index (χ3n) is 3.29. The standard InChI is InChI=1S/C12H11ClF3N5/c13-7-4-18-10(3-8(7)17)21-2-1-20-5-9(12(14,15)16)19-11(20)6-21/h3-5H,1-2,6H2,(H2,17,18). The van der Waals surface area contributed by atoms with Gasteiger partial charge >= 0.3 is 6.18 Å². The van der Waals surface area contributed by atoms with E-state index < -0.39 is 11.9 Å². The van der Waals surface area contributed by atoms with Crippen LogP contribution in [-0.4, -0.2) is 21.1 Å². The minimum absolute atomic E-state index is 0.240. The van der Waals surface area contributed by atoms with Crippen LogP contribution < -0.4 is 10.6 Å². The van der Waals surface area contributed by atoms with Gasteiger partial charge in [-0.05, 0) is 0 Å². The van der Waals surface area contributed by atoms with Crippen molar-refractivity contribution >= 4 is 23.1 Å². The monoisotopic (exact) mass is 317 g/mol. The second kappa shape index (κ2) is 4.80. The van der Waals surface area contributed by atoms with E-state index in [-0.39, 0.29) is 6.54 Å². The number of hydrogen-bond acceptors (Lipinski definition) is 4. The molecular formula is C12H11ClF3N5. The molecule has 0 fully saturated rings. The fourth-order valence-electron chi connectivity index (χ4n) is 2.20. The number of anilines is 2. The molecule has 0 amide bonds. The van der Waals surface area contributed by atoms with Crippen LogP contribution in [0.15, 0.2) is 18.5 Å². The van der Waals surface area contributed by atoms with Crippen LogP contribution in [0.5, 0.6) is 0 Å². The lowest BCUT2D eigenvalue weighted by Gasteiger charge is -2.28. The van der Waals surface area contributed by atoms with E-state index in [1.54, 1.807) is 6.07 Å². The van der Waals surface area contributed by atoms with Crippen molar-refractivity contribution in [1.82, 2.24) is 14.5 Å². The number of nitrogen functional groups attached to an aromatic ring is 1. The van der Waals surface area contributed by atoms with Gasteiger partial charge in [0.05, 0.1) is 17.3 Å². The molecule has 1 aliphatic heterocycles. The molecule has 0 radical (unpaired) electrons. The molecule has 1 aliphatic rings. The van der Waals surface area contributed by atoms with E-state index in [0.717, 1.165) is 6.20 Å². The maximum absolute atomic E-state index is 12.7. The largest absolute Gasteiger partial charge is 0.434 e. The zero-order chi connectivity index (χ0) is 15.2. The van der Waals surface area contributed by atoms with Gasteiger partial charge in [0.25, 0.3) is 0 Å². The Balaban J connectivity index is 1.87. The van der Waals surface area contributed by atoms with Gasteiger partial charge in [0, 0.05) is 31.5 Å². The molecular weight excluding hydrogens is 307 g/mol. The van der Waals surface area contributed by atoms with Gasteiger partial charge in [0.1, 0.15) is 11.6 Å². The van der Waals surface area contributed by atoms with Crippen molar-refractivity contribution in [3.05, 3.63) is 35.0 Å². The molecule has 5 nitrogen and oxygen atoms in total. The van der Waals surface area contributed by atoms with E-state index in [1.165, 1.54) is 10.8 Å². The summed E-state index contributed by atoms with van der Waals surface area (Å²) < 4.78 is 39.5. The maximum atomic E-state index is 12.7. The van der Waals surface area contributed by atoms with Crippen LogP contribution >= 0.6 is 11.6 Å². The van der Waals surface area contributed by atoms with Crippen molar-refractivity contribution < 1.29 is 13.2 Å². The Labute approximate surface area is 123 Å². The number of aromatic nitrogens is 3. The molecule has 0 unspecified atom stereocenters. The van der Waals surface area contributed by atoms with E-state index in [4.69, 9.17) is 17.3 Å². The normalized spacial score (nSPS) is 15.1. The van der Waals surface area contributed by atoms with Crippen molar-refractivity contribution in [3.63, 3.8) is 0 Å². The molecule has 3 rings (SSSR count). The molecule has 0 aliphatic carbocycles. The Morgan fingerprint density at radius 2 is 2.05 bits per heavy atom. The first-order chi connectivity index (χ1) is 9.84. The van der Waals surface area contributed by atoms with Crippen molar-refractivity contribution in [2.75, 3.05) is 17.2 Å². The van der Waals surface area contributed by atoms with Gasteiger partial charge in [-0.25, -0.2) is 9.97 Å². The molecule has 0 saturated heterocycles. The number of nitrogens with two attached hydrogens (primary N) is 1. The van der Waals surface area contributed by atoms with Crippen LogP contribution in [-0.2, 0) is 19.3 Å². The maximum Gasteiger partial charge on any atom is 0.434 e. The average molecular weight is 318 g/mol. The quantitative estimate of drug-likeness (QED) is 0.878. The van der Waals surface area contributed by atoms with Gasteiger partial charge in [0.2, 0.25) is 0 Å². The summed E-state index contributed by atoms with van der Waals surface area (Å²) in [4.78, 5) is 9.61. The molecule has 112 valence electrons. The van der Waals surface area contributed by atoms with Gasteiger partial charge in [-0.2, -0.15) is 13.2 Å². The van der Waals surface area contributed by atoms with Gasteiger partial charge in [-0.15, -0.1) is 0 Å². The van der Waals surface area contributed by atoms with E-state index in [1.807, 2.05) is 4.90 Å². The zero-order valence-electron chi connectivity index (χ0n) is 10.7. The highest BCUT2D eigenvalue weighted by Crippen LogP contribution is 2.30. The zero-order valence-corrected chi connectivity index (χ0v) is 11.5. The second-order valence-corrected chi connectivity index (χ2v) is 5.13. The van der Waals surface area contributed by atoms with E-state index >= 15 is 0 Å². The molecule has 2 aromatic heterocycles. The molecule has 2 aromatic rings. The summed E-state index contributed by atoms with van der Waals surface area (Å²) in [6, 6.07) is 1.60. The molecule has 3 heterocycles. The lowest BCUT2D eigenvalue weighted by atomic mass is 10.3. The van der Waals surface area contributed by atoms with Crippen molar-refractivity contribution in [2.45, 2.75) is 19.3 Å². The molecule has 0 spiro atoms. The summed E-state index contributed by atoms with van der Waals surface area (Å²) in [6.07, 6.45) is -1.97. The summed E-state index contributed by atoms with van der Waals surface area (Å²) in [5.41, 5.74) is 5.22. The number of hydrogen-bond donors (Lipinski definition) is 1. The first kappa shape index (κ1) is 14.0. The smallest absolute Gasteiger partial charge is 0.397 e. The fourth-order valence-corrected chi connectivity index (χ4v) is 2.30. The molecule has 0 atom stereocenters. The number of imidazole rings is 1. The van der Waals surface area contributed by atoms with Gasteiger partial charge in [-0.3, -0.25) is 0 Å². The minimum Gasteiger partial charge on any atom is -0.397 e. The number of fused-ring (bicyclic) bond motifs is 1. The highest BCUT2D eigenvalue weighted by Gasteiger charge is 2.35. The Morgan fingerprint density at radius 3 is 2.71 bits per heavy atom. The first-order valence-corrected chi connectivity index (χ1v) is 6.51. The highest BCUT2D eigenvalue weighted by atomic mass is 35.5. The molecule has 2 N–H and O–H groups in total. The van der Waals surface area contributed by atoms with Gasteiger partial charge in [0.15, 0.2) is 5.69 Å². The highest BCUT2D eigenvalue weighted by molar-refractivity contribution is 6.32. The summed E-state index contributed by atoms with van der Waals surface area (Å²) in [7, 11) is 0. The lowest BCUT2D eigenvalue weighted by molar-refractivity contribution is -0.141. The SMILES string of the molecule is Nc1cc(N2CCn3cc(C(F)(F)F)nc3C2)ncc1Cl. The first-order valence-electron chi connectivity index (χ1n) is 6.14. The number of halogens is 4. The van der Waals surface area contributed by atoms with Crippen LogP contribution in [0.4, 0.5) is 24.7 Å². The van der Waals surface area contributed by atoms with E-state index in [0.29, 0.717) is 35.4 Å². The second-order valence-electron chi connectivity index (χ2n) is 4.72. The summed E-state index contributed by atoms with van der Waals surface area (Å²) in [5, 5.41) is 0.344. The van der Waals surface area contributed by atoms with Crippen molar-refractivity contribution in [2.24, 2.45) is 0 Å². The van der Waals surface area contributed by atoms with Crippen LogP contribution in [0.3, 0.4) is 0 Å². The number of alkyl halides is 3. The summed E-state index contributed by atoms with van der Waals surface area (Å²) in [5.74, 6) is 0.920. The molecule has 21 heavy (non-hydrogen) atoms. The van der Waals surface area contributed by atoms with E-state index in [9.17, 15) is 13.2 Å².